The highest BCUT2D eigenvalue weighted by atomic mass is 16.5. The lowest BCUT2D eigenvalue weighted by Gasteiger charge is -2.07. The smallest absolute Gasteiger partial charge is 0.141 e. The first-order chi connectivity index (χ1) is 23.9. The van der Waals surface area contributed by atoms with E-state index in [4.69, 9.17) is 27.0 Å². The molecular weight excluding hydrogens is 621 g/mol. The van der Waals surface area contributed by atoms with Crippen LogP contribution in [0.15, 0.2) is 47.0 Å². The Bertz CT molecular complexity index is 2490. The lowest BCUT2D eigenvalue weighted by molar-refractivity contribution is 0.393. The standard InChI is InChI=1S/C21H21N3O.C21H4.HN3.H2O.9H2/c1-13-20(14(2)25-24-13)18-11-17(10-9-16-7-5-4-6-8-16)21-19(12-18)22-15(3)23-21;1-3-5-7-9-11-13-15-17-19-21-20-18-16-14-12-10-8-6-4-2;1-3-2;;;;;;;;;;/h4-8,11-12H,9-10H2,1-3H3,(H,22,23);1H,2H3;1H;1H2;9*1H. The fraction of sp³-hybridized carbons (Fsp3) is 0.143. The molecule has 4 N–H and O–H groups in total. The highest BCUT2D eigenvalue weighted by molar-refractivity contribution is 5.86. The molecule has 2 aromatic heterocycles. The molecule has 0 amide bonds. The van der Waals surface area contributed by atoms with Crippen LogP contribution in [-0.2, 0) is 12.8 Å². The molecule has 0 aliphatic heterocycles. The Morgan fingerprint density at radius 2 is 1.30 bits per heavy atom. The number of aromatic nitrogens is 3. The van der Waals surface area contributed by atoms with E-state index in [9.17, 15) is 0 Å². The summed E-state index contributed by atoms with van der Waals surface area (Å²) in [5.41, 5.74) is 20.1. The number of H-pyrrole nitrogens is 1. The number of imidazole rings is 1. The van der Waals surface area contributed by atoms with E-state index in [0.717, 1.165) is 52.3 Å². The fourth-order valence-corrected chi connectivity index (χ4v) is 4.03. The second kappa shape index (κ2) is 24.3. The van der Waals surface area contributed by atoms with Crippen LogP contribution in [0.25, 0.3) is 32.6 Å². The van der Waals surface area contributed by atoms with Gasteiger partial charge in [0.1, 0.15) is 11.6 Å². The molecule has 0 radical (unpaired) electrons. The van der Waals surface area contributed by atoms with Crippen molar-refractivity contribution in [3.63, 3.8) is 0 Å². The number of rotatable bonds is 4. The molecule has 8 heteroatoms. The van der Waals surface area contributed by atoms with E-state index in [-0.39, 0.29) is 18.3 Å². The first-order valence-electron chi connectivity index (χ1n) is 14.3. The lowest BCUT2D eigenvalue weighted by atomic mass is 9.97. The monoisotopic (exact) mass is 666 g/mol. The van der Waals surface area contributed by atoms with Gasteiger partial charge in [-0.15, -0.1) is 12.0 Å². The van der Waals surface area contributed by atoms with E-state index < -0.39 is 0 Å². The summed E-state index contributed by atoms with van der Waals surface area (Å²) in [5.74, 6) is 48.7. The van der Waals surface area contributed by atoms with Crippen LogP contribution < -0.4 is 0 Å². The summed E-state index contributed by atoms with van der Waals surface area (Å²) in [6, 6.07) is 15.0. The van der Waals surface area contributed by atoms with Crippen LogP contribution >= 0.6 is 0 Å². The van der Waals surface area contributed by atoms with Crippen molar-refractivity contribution in [3.05, 3.63) is 81.3 Å². The van der Waals surface area contributed by atoms with Gasteiger partial charge in [0.2, 0.25) is 0 Å². The first-order valence-corrected chi connectivity index (χ1v) is 14.3. The molecule has 0 fully saturated rings. The number of benzene rings is 2. The average Bonchev–Trinajstić information content (AvgIpc) is 3.65. The van der Waals surface area contributed by atoms with Gasteiger partial charge in [0.15, 0.2) is 0 Å². The lowest BCUT2D eigenvalue weighted by Crippen LogP contribution is -1.94. The van der Waals surface area contributed by atoms with Gasteiger partial charge in [-0.2, -0.15) is 0 Å². The van der Waals surface area contributed by atoms with Gasteiger partial charge in [-0.05, 0) is 175 Å². The Labute approximate surface area is 306 Å². The fourth-order valence-electron chi connectivity index (χ4n) is 4.03. The van der Waals surface area contributed by atoms with Crippen LogP contribution in [0, 0.1) is 145 Å². The summed E-state index contributed by atoms with van der Waals surface area (Å²) in [6.07, 6.45) is 6.84. The largest absolute Gasteiger partial charge is 0.412 e. The quantitative estimate of drug-likeness (QED) is 0.0989. The molecule has 0 aliphatic rings. The first kappa shape index (κ1) is 40.0. The molecule has 0 atom stereocenters. The van der Waals surface area contributed by atoms with Gasteiger partial charge in [-0.25, -0.2) is 4.98 Å². The Morgan fingerprint density at radius 3 is 1.76 bits per heavy atom. The molecule has 2 heterocycles. The van der Waals surface area contributed by atoms with Crippen molar-refractivity contribution in [2.75, 3.05) is 0 Å². The van der Waals surface area contributed by atoms with Crippen LogP contribution in [0.4, 0.5) is 0 Å². The van der Waals surface area contributed by atoms with Crippen molar-refractivity contribution < 1.29 is 22.8 Å². The van der Waals surface area contributed by atoms with Gasteiger partial charge >= 0.3 is 0 Å². The molecule has 0 unspecified atom stereocenters. The molecule has 0 spiro atoms. The van der Waals surface area contributed by atoms with E-state index in [1.165, 1.54) is 11.1 Å². The van der Waals surface area contributed by atoms with Crippen LogP contribution in [0.1, 0.15) is 48.2 Å². The van der Waals surface area contributed by atoms with E-state index in [0.29, 0.717) is 0 Å². The third kappa shape index (κ3) is 14.8. The summed E-state index contributed by atoms with van der Waals surface area (Å²) < 4.78 is 5.36. The second-order valence-corrected chi connectivity index (χ2v) is 9.16. The Morgan fingerprint density at radius 1 is 0.800 bits per heavy atom. The molecule has 0 saturated heterocycles. The predicted molar refractivity (Wildman–Crippen MR) is 216 cm³/mol. The van der Waals surface area contributed by atoms with Crippen molar-refractivity contribution in [1.29, 1.82) is 5.53 Å². The predicted octanol–water partition coefficient (Wildman–Crippen LogP) is 7.86. The molecule has 2 aromatic carbocycles. The van der Waals surface area contributed by atoms with Crippen LogP contribution in [0.5, 0.6) is 0 Å². The number of nitrogens with zero attached hydrogens (tertiary/aromatic N) is 4. The topological polar surface area (TPSA) is 146 Å². The molecular formula is C42H46N6O2. The molecule has 4 rings (SSSR count). The van der Waals surface area contributed by atoms with Gasteiger partial charge in [0.25, 0.3) is 0 Å². The molecule has 8 nitrogen and oxygen atoms in total. The summed E-state index contributed by atoms with van der Waals surface area (Å²) in [5, 5.41) is 4.10. The van der Waals surface area contributed by atoms with Gasteiger partial charge in [-0.3, -0.25) is 0 Å². The van der Waals surface area contributed by atoms with Gasteiger partial charge in [-0.1, -0.05) is 41.4 Å². The second-order valence-electron chi connectivity index (χ2n) is 9.16. The van der Waals surface area contributed by atoms with Gasteiger partial charge < -0.3 is 15.0 Å². The van der Waals surface area contributed by atoms with Crippen molar-refractivity contribution in [3.8, 4) is 130 Å². The number of nitrogens with one attached hydrogen (secondary N) is 2. The number of hydrogen-bond donors (Lipinski definition) is 2. The number of fused-ring (bicyclic) bond motifs is 1. The zero-order valence-corrected chi connectivity index (χ0v) is 27.7. The summed E-state index contributed by atoms with van der Waals surface area (Å²) in [6.45, 7) is 7.64. The number of aromatic amines is 1. The van der Waals surface area contributed by atoms with Crippen LogP contribution in [-0.4, -0.2) is 20.6 Å². The maximum atomic E-state index is 6.86. The molecule has 0 bridgehead atoms. The Balaban J connectivity index is -0.0000000990. The Hall–Kier alpha value is -8.01. The van der Waals surface area contributed by atoms with Gasteiger partial charge in [0.05, 0.1) is 16.7 Å². The van der Waals surface area contributed by atoms with Crippen molar-refractivity contribution in [2.45, 2.75) is 40.5 Å². The average molecular weight is 667 g/mol. The van der Waals surface area contributed by atoms with Gasteiger partial charge in [0, 0.05) is 30.2 Å². The summed E-state index contributed by atoms with van der Waals surface area (Å²) in [4.78, 5) is 9.82. The van der Waals surface area contributed by atoms with E-state index in [2.05, 4.69) is 165 Å². The van der Waals surface area contributed by atoms with E-state index in [1.807, 2.05) is 20.8 Å². The minimum atomic E-state index is 0. The molecule has 0 aliphatic carbocycles. The SMILES string of the molecule is C#CC#CC#CC#CC#CC#CC#CC#CC#CC#CC.Cc1nc2c(CCc3ccccc3)cc(-c3c(C)noc3C)cc2[nH]1.O.[HH].[HH].[HH].[HH].[HH].[HH].[HH].[HH].[HH].[N-]=[N+]=N. The van der Waals surface area contributed by atoms with Crippen molar-refractivity contribution in [1.82, 2.24) is 15.1 Å². The van der Waals surface area contributed by atoms with E-state index in [1.54, 1.807) is 11.8 Å². The third-order valence-electron chi connectivity index (χ3n) is 5.83. The molecule has 0 saturated carbocycles. The highest BCUT2D eigenvalue weighted by Gasteiger charge is 2.15. The molecule has 4 aromatic rings. The number of aryl methyl sites for hydroxylation is 5. The van der Waals surface area contributed by atoms with E-state index >= 15 is 0 Å². The molecule has 50 heavy (non-hydrogen) atoms. The zero-order chi connectivity index (χ0) is 35.5. The molecule has 256 valence electrons. The maximum absolute atomic E-state index is 6.86. The van der Waals surface area contributed by atoms with Crippen molar-refractivity contribution >= 4 is 11.0 Å². The zero-order valence-electron chi connectivity index (χ0n) is 27.7. The maximum Gasteiger partial charge on any atom is 0.141 e. The normalized spacial score (nSPS) is 7.42. The third-order valence-corrected chi connectivity index (χ3v) is 5.83. The van der Waals surface area contributed by atoms with Crippen molar-refractivity contribution in [2.24, 2.45) is 0 Å². The Kier molecular flexibility index (Phi) is 19.4. The highest BCUT2D eigenvalue weighted by Crippen LogP contribution is 2.31. The minimum absolute atomic E-state index is 0. The summed E-state index contributed by atoms with van der Waals surface area (Å²) in [7, 11) is 0. The summed E-state index contributed by atoms with van der Waals surface area (Å²) >= 11 is 0. The number of hydrogen-bond acceptors (Lipinski definition) is 4. The van der Waals surface area contributed by atoms with Crippen LogP contribution in [0.3, 0.4) is 0 Å². The van der Waals surface area contributed by atoms with Crippen LogP contribution in [0.2, 0.25) is 0 Å². The number of terminal acetylenes is 1. The minimum Gasteiger partial charge on any atom is -0.412 e.